The van der Waals surface area contributed by atoms with Crippen molar-refractivity contribution in [3.05, 3.63) is 96.8 Å². The van der Waals surface area contributed by atoms with Gasteiger partial charge in [-0.2, -0.15) is 5.10 Å². The van der Waals surface area contributed by atoms with Gasteiger partial charge in [-0.15, -0.1) is 0 Å². The summed E-state index contributed by atoms with van der Waals surface area (Å²) in [6.45, 7) is 0. The van der Waals surface area contributed by atoms with E-state index < -0.39 is 0 Å². The Morgan fingerprint density at radius 3 is 2.58 bits per heavy atom. The molecular formula is C25H21N5O. The summed E-state index contributed by atoms with van der Waals surface area (Å²) >= 11 is 0. The first-order valence-electron chi connectivity index (χ1n) is 10.1. The smallest absolute Gasteiger partial charge is 0.228 e. The number of hydrogen-bond acceptors (Lipinski definition) is 3. The lowest BCUT2D eigenvalue weighted by Gasteiger charge is -2.09. The van der Waals surface area contributed by atoms with E-state index in [1.54, 1.807) is 10.9 Å². The molecule has 31 heavy (non-hydrogen) atoms. The summed E-state index contributed by atoms with van der Waals surface area (Å²) in [7, 11) is 2.00. The highest BCUT2D eigenvalue weighted by molar-refractivity contribution is 5.93. The van der Waals surface area contributed by atoms with Crippen molar-refractivity contribution in [2.45, 2.75) is 6.42 Å². The number of para-hydroxylation sites is 2. The summed E-state index contributed by atoms with van der Waals surface area (Å²) in [5.41, 5.74) is 5.64. The number of rotatable bonds is 5. The van der Waals surface area contributed by atoms with Gasteiger partial charge in [0.2, 0.25) is 5.91 Å². The zero-order chi connectivity index (χ0) is 21.2. The van der Waals surface area contributed by atoms with Gasteiger partial charge in [0.1, 0.15) is 5.82 Å². The number of benzene rings is 3. The number of anilines is 1. The molecular weight excluding hydrogens is 386 g/mol. The first-order valence-corrected chi connectivity index (χ1v) is 10.1. The van der Waals surface area contributed by atoms with Crippen LogP contribution in [0.5, 0.6) is 0 Å². The molecule has 0 spiro atoms. The number of nitrogens with one attached hydrogen (secondary N) is 1. The molecule has 2 aromatic heterocycles. The molecule has 0 fully saturated rings. The summed E-state index contributed by atoms with van der Waals surface area (Å²) < 4.78 is 3.85. The standard InChI is InChI=1S/C25H21N5O/c1-29-23-9-3-2-8-22(23)28-25(29)19-6-4-7-20(17-19)27-24(31)16-18-10-12-21(13-11-18)30-15-5-14-26-30/h2-15,17H,16H2,1H3,(H,27,31). The number of carbonyl (C=O) groups is 1. The maximum atomic E-state index is 12.6. The molecule has 0 saturated carbocycles. The molecule has 5 aromatic rings. The monoisotopic (exact) mass is 407 g/mol. The number of imidazole rings is 1. The maximum absolute atomic E-state index is 12.6. The van der Waals surface area contributed by atoms with Gasteiger partial charge in [0, 0.05) is 30.7 Å². The largest absolute Gasteiger partial charge is 0.327 e. The van der Waals surface area contributed by atoms with Crippen LogP contribution in [0.1, 0.15) is 5.56 Å². The van der Waals surface area contributed by atoms with Crippen LogP contribution in [0.25, 0.3) is 28.1 Å². The molecule has 152 valence electrons. The molecule has 0 unspecified atom stereocenters. The Bertz CT molecular complexity index is 1350. The molecule has 3 aromatic carbocycles. The van der Waals surface area contributed by atoms with Crippen LogP contribution in [0.15, 0.2) is 91.3 Å². The zero-order valence-corrected chi connectivity index (χ0v) is 17.1. The Balaban J connectivity index is 1.31. The Morgan fingerprint density at radius 2 is 1.81 bits per heavy atom. The first-order chi connectivity index (χ1) is 15.2. The fourth-order valence-corrected chi connectivity index (χ4v) is 3.72. The van der Waals surface area contributed by atoms with Gasteiger partial charge in [0.05, 0.1) is 23.1 Å². The minimum absolute atomic E-state index is 0.0611. The summed E-state index contributed by atoms with van der Waals surface area (Å²) in [5.74, 6) is 0.806. The van der Waals surface area contributed by atoms with Crippen molar-refractivity contribution in [2.75, 3.05) is 5.32 Å². The van der Waals surface area contributed by atoms with Gasteiger partial charge < -0.3 is 9.88 Å². The van der Waals surface area contributed by atoms with Crippen LogP contribution in [0.4, 0.5) is 5.69 Å². The van der Waals surface area contributed by atoms with Crippen LogP contribution < -0.4 is 5.32 Å². The number of aromatic nitrogens is 4. The fraction of sp³-hybridized carbons (Fsp3) is 0.0800. The van der Waals surface area contributed by atoms with Crippen molar-refractivity contribution in [3.8, 4) is 17.1 Å². The van der Waals surface area contributed by atoms with Crippen LogP contribution in [-0.2, 0) is 18.3 Å². The molecule has 1 N–H and O–H groups in total. The van der Waals surface area contributed by atoms with Crippen molar-refractivity contribution in [1.82, 2.24) is 19.3 Å². The van der Waals surface area contributed by atoms with Crippen molar-refractivity contribution in [2.24, 2.45) is 7.05 Å². The van der Waals surface area contributed by atoms with Crippen molar-refractivity contribution >= 4 is 22.6 Å². The zero-order valence-electron chi connectivity index (χ0n) is 17.1. The van der Waals surface area contributed by atoms with Crippen molar-refractivity contribution in [3.63, 3.8) is 0 Å². The second-order valence-corrected chi connectivity index (χ2v) is 7.41. The van der Waals surface area contributed by atoms with E-state index in [2.05, 4.69) is 21.0 Å². The van der Waals surface area contributed by atoms with Gasteiger partial charge in [-0.1, -0.05) is 36.4 Å². The maximum Gasteiger partial charge on any atom is 0.228 e. The van der Waals surface area contributed by atoms with E-state index in [0.29, 0.717) is 6.42 Å². The van der Waals surface area contributed by atoms with Gasteiger partial charge in [-0.25, -0.2) is 9.67 Å². The second-order valence-electron chi connectivity index (χ2n) is 7.41. The van der Waals surface area contributed by atoms with E-state index in [1.807, 2.05) is 86.0 Å². The van der Waals surface area contributed by atoms with Gasteiger partial charge in [0.15, 0.2) is 0 Å². The predicted molar refractivity (Wildman–Crippen MR) is 122 cm³/mol. The minimum Gasteiger partial charge on any atom is -0.327 e. The van der Waals surface area contributed by atoms with E-state index in [1.165, 1.54) is 0 Å². The lowest BCUT2D eigenvalue weighted by Crippen LogP contribution is -2.14. The summed E-state index contributed by atoms with van der Waals surface area (Å²) in [5, 5.41) is 7.22. The Kier molecular flexibility index (Phi) is 4.80. The molecule has 0 saturated heterocycles. The van der Waals surface area contributed by atoms with Gasteiger partial charge in [-0.05, 0) is 48.0 Å². The number of hydrogen-bond donors (Lipinski definition) is 1. The lowest BCUT2D eigenvalue weighted by molar-refractivity contribution is -0.115. The number of amides is 1. The molecule has 0 radical (unpaired) electrons. The van der Waals surface area contributed by atoms with Crippen LogP contribution >= 0.6 is 0 Å². The number of fused-ring (bicyclic) bond motifs is 1. The van der Waals surface area contributed by atoms with Gasteiger partial charge in [0.25, 0.3) is 0 Å². The topological polar surface area (TPSA) is 64.7 Å². The first kappa shape index (κ1) is 18.8. The minimum atomic E-state index is -0.0611. The fourth-order valence-electron chi connectivity index (χ4n) is 3.72. The molecule has 6 nitrogen and oxygen atoms in total. The third kappa shape index (κ3) is 3.83. The SMILES string of the molecule is Cn1c(-c2cccc(NC(=O)Cc3ccc(-n4cccn4)cc3)c2)nc2ccccc21. The Morgan fingerprint density at radius 1 is 0.968 bits per heavy atom. The van der Waals surface area contributed by atoms with E-state index in [-0.39, 0.29) is 5.91 Å². The summed E-state index contributed by atoms with van der Waals surface area (Å²) in [4.78, 5) is 17.3. The van der Waals surface area contributed by atoms with E-state index >= 15 is 0 Å². The van der Waals surface area contributed by atoms with E-state index in [9.17, 15) is 4.79 Å². The molecule has 0 bridgehead atoms. The average Bonchev–Trinajstić information content (AvgIpc) is 3.43. The average molecular weight is 407 g/mol. The number of carbonyl (C=O) groups excluding carboxylic acids is 1. The Hall–Kier alpha value is -4.19. The quantitative estimate of drug-likeness (QED) is 0.463. The van der Waals surface area contributed by atoms with Crippen molar-refractivity contribution < 1.29 is 4.79 Å². The van der Waals surface area contributed by atoms with Gasteiger partial charge >= 0.3 is 0 Å². The highest BCUT2D eigenvalue weighted by atomic mass is 16.1. The summed E-state index contributed by atoms with van der Waals surface area (Å²) in [6.07, 6.45) is 3.93. The van der Waals surface area contributed by atoms with Crippen LogP contribution in [0.3, 0.4) is 0 Å². The third-order valence-electron chi connectivity index (χ3n) is 5.26. The van der Waals surface area contributed by atoms with Gasteiger partial charge in [-0.3, -0.25) is 4.79 Å². The molecule has 2 heterocycles. The summed E-state index contributed by atoms with van der Waals surface area (Å²) in [6, 6.07) is 25.5. The molecule has 0 aliphatic carbocycles. The van der Waals surface area contributed by atoms with Crippen LogP contribution in [-0.4, -0.2) is 25.2 Å². The normalized spacial score (nSPS) is 11.0. The molecule has 0 atom stereocenters. The number of nitrogens with zero attached hydrogens (tertiary/aromatic N) is 4. The number of aryl methyl sites for hydroxylation is 1. The van der Waals surface area contributed by atoms with E-state index in [4.69, 9.17) is 4.98 Å². The highest BCUT2D eigenvalue weighted by Gasteiger charge is 2.11. The van der Waals surface area contributed by atoms with E-state index in [0.717, 1.165) is 39.4 Å². The lowest BCUT2D eigenvalue weighted by atomic mass is 10.1. The molecule has 0 aliphatic heterocycles. The predicted octanol–water partition coefficient (Wildman–Crippen LogP) is 4.61. The molecule has 0 aliphatic rings. The molecule has 5 rings (SSSR count). The third-order valence-corrected chi connectivity index (χ3v) is 5.26. The Labute approximate surface area is 179 Å². The van der Waals surface area contributed by atoms with Crippen LogP contribution in [0.2, 0.25) is 0 Å². The molecule has 1 amide bonds. The molecule has 6 heteroatoms. The van der Waals surface area contributed by atoms with Crippen LogP contribution in [0, 0.1) is 0 Å². The second kappa shape index (κ2) is 7.91. The van der Waals surface area contributed by atoms with Crippen molar-refractivity contribution in [1.29, 1.82) is 0 Å². The highest BCUT2D eigenvalue weighted by Crippen LogP contribution is 2.25.